The van der Waals surface area contributed by atoms with Gasteiger partial charge in [-0.25, -0.2) is 19.2 Å². The lowest BCUT2D eigenvalue weighted by Crippen LogP contribution is -2.61. The third-order valence-electron chi connectivity index (χ3n) is 7.98. The zero-order valence-corrected chi connectivity index (χ0v) is 26.4. The first-order valence-corrected chi connectivity index (χ1v) is 14.6. The number of benzene rings is 1. The van der Waals surface area contributed by atoms with Crippen LogP contribution in [0.5, 0.6) is 5.88 Å². The molecule has 1 amide bonds. The van der Waals surface area contributed by atoms with Gasteiger partial charge in [-0.2, -0.15) is 0 Å². The summed E-state index contributed by atoms with van der Waals surface area (Å²) in [7, 11) is 1.36. The molecule has 1 saturated heterocycles. The van der Waals surface area contributed by atoms with Crippen LogP contribution in [-0.2, 0) is 11.3 Å². The van der Waals surface area contributed by atoms with Crippen molar-refractivity contribution in [1.29, 1.82) is 0 Å². The van der Waals surface area contributed by atoms with E-state index in [-0.39, 0.29) is 10.9 Å². The first kappa shape index (κ1) is 30.5. The van der Waals surface area contributed by atoms with Gasteiger partial charge in [0.15, 0.2) is 0 Å². The number of fused-ring (bicyclic) bond motifs is 1. The van der Waals surface area contributed by atoms with Gasteiger partial charge in [-0.15, -0.1) is 0 Å². The molecule has 0 unspecified atom stereocenters. The summed E-state index contributed by atoms with van der Waals surface area (Å²) in [5, 5.41) is 0.0704. The molecule has 228 valence electrons. The Labute approximate surface area is 256 Å². The Balaban J connectivity index is 1.36. The summed E-state index contributed by atoms with van der Waals surface area (Å²) < 4.78 is 25.5. The smallest absolute Gasteiger partial charge is 0.339 e. The number of anilines is 2. The molecule has 2 aliphatic heterocycles. The predicted molar refractivity (Wildman–Crippen MR) is 164 cm³/mol. The summed E-state index contributed by atoms with van der Waals surface area (Å²) in [5.41, 5.74) is 2.46. The Hall–Kier alpha value is -3.92. The van der Waals surface area contributed by atoms with E-state index in [0.29, 0.717) is 61.2 Å². The van der Waals surface area contributed by atoms with Crippen LogP contribution in [0.4, 0.5) is 15.9 Å². The molecule has 0 atom stereocenters. The molecule has 11 heteroatoms. The maximum absolute atomic E-state index is 14.3. The van der Waals surface area contributed by atoms with Crippen LogP contribution in [0.3, 0.4) is 0 Å². The summed E-state index contributed by atoms with van der Waals surface area (Å²) in [5.74, 6) is 0.0771. The second kappa shape index (κ2) is 11.3. The molecule has 3 aromatic rings. The van der Waals surface area contributed by atoms with Gasteiger partial charge in [0, 0.05) is 37.4 Å². The molecule has 5 rings (SSSR count). The molecule has 2 aromatic heterocycles. The number of piperazine rings is 1. The monoisotopic (exact) mass is 609 g/mol. The highest BCUT2D eigenvalue weighted by atomic mass is 35.5. The summed E-state index contributed by atoms with van der Waals surface area (Å²) in [6, 6.07) is 10.2. The zero-order valence-electron chi connectivity index (χ0n) is 25.6. The van der Waals surface area contributed by atoms with Crippen molar-refractivity contribution in [2.45, 2.75) is 59.2 Å². The van der Waals surface area contributed by atoms with Crippen LogP contribution >= 0.6 is 11.6 Å². The van der Waals surface area contributed by atoms with E-state index in [9.17, 15) is 14.0 Å². The quantitative estimate of drug-likeness (QED) is 0.354. The van der Waals surface area contributed by atoms with E-state index in [4.69, 9.17) is 26.1 Å². The summed E-state index contributed by atoms with van der Waals surface area (Å²) in [6.07, 6.45) is 0. The third kappa shape index (κ3) is 6.11. The molecule has 0 N–H and O–H groups in total. The van der Waals surface area contributed by atoms with Crippen molar-refractivity contribution >= 4 is 35.0 Å². The lowest BCUT2D eigenvalue weighted by atomic mass is 9.97. The highest BCUT2D eigenvalue weighted by molar-refractivity contribution is 6.30. The summed E-state index contributed by atoms with van der Waals surface area (Å²) in [4.78, 5) is 41.4. The second-order valence-corrected chi connectivity index (χ2v) is 12.8. The number of pyridine rings is 2. The number of nitrogens with zero attached hydrogens (tertiary/aromatic N) is 5. The van der Waals surface area contributed by atoms with Crippen molar-refractivity contribution < 1.29 is 23.5 Å². The summed E-state index contributed by atoms with van der Waals surface area (Å²) in [6.45, 7) is 14.1. The molecule has 0 bridgehead atoms. The van der Waals surface area contributed by atoms with Crippen molar-refractivity contribution in [3.8, 4) is 5.88 Å². The van der Waals surface area contributed by atoms with E-state index in [2.05, 4.69) is 9.88 Å². The number of methoxy groups -OCH3 is 1. The van der Waals surface area contributed by atoms with Crippen LogP contribution in [0, 0.1) is 19.7 Å². The third-order valence-corrected chi connectivity index (χ3v) is 8.28. The number of halogens is 2. The Kier molecular flexibility index (Phi) is 8.02. The minimum atomic E-state index is -0.659. The second-order valence-electron chi connectivity index (χ2n) is 12.4. The summed E-state index contributed by atoms with van der Waals surface area (Å²) >= 11 is 5.91. The van der Waals surface area contributed by atoms with Gasteiger partial charge in [-0.05, 0) is 83.5 Å². The Bertz CT molecular complexity index is 1570. The topological polar surface area (TPSA) is 88.1 Å². The van der Waals surface area contributed by atoms with E-state index in [1.807, 2.05) is 56.6 Å². The molecule has 2 aliphatic rings. The molecular weight excluding hydrogens is 573 g/mol. The lowest BCUT2D eigenvalue weighted by Gasteiger charge is -2.47. The number of aryl methyl sites for hydroxylation is 2. The van der Waals surface area contributed by atoms with Gasteiger partial charge in [-0.1, -0.05) is 11.6 Å². The number of esters is 1. The molecule has 0 spiro atoms. The minimum absolute atomic E-state index is 0.0704. The van der Waals surface area contributed by atoms with Gasteiger partial charge in [0.1, 0.15) is 22.9 Å². The SMILES string of the molecule is COC(=O)c1c(C)cc(N2CCN(C(=O)c3ccc4c(n3)OC(C)(C)CN(c3ccc(Cl)c(F)c3)C4)C(C)(C)C2)nc1C. The van der Waals surface area contributed by atoms with Crippen molar-refractivity contribution in [1.82, 2.24) is 14.9 Å². The highest BCUT2D eigenvalue weighted by Gasteiger charge is 2.39. The Morgan fingerprint density at radius 1 is 1.00 bits per heavy atom. The van der Waals surface area contributed by atoms with E-state index < -0.39 is 22.9 Å². The van der Waals surface area contributed by atoms with Crippen LogP contribution in [0.25, 0.3) is 0 Å². The maximum atomic E-state index is 14.3. The zero-order chi connectivity index (χ0) is 31.3. The first-order chi connectivity index (χ1) is 20.2. The first-order valence-electron chi connectivity index (χ1n) is 14.2. The van der Waals surface area contributed by atoms with Crippen molar-refractivity contribution in [3.63, 3.8) is 0 Å². The number of aromatic nitrogens is 2. The normalized spacial score (nSPS) is 17.6. The van der Waals surface area contributed by atoms with Gasteiger partial charge >= 0.3 is 5.97 Å². The van der Waals surface area contributed by atoms with E-state index in [1.165, 1.54) is 13.2 Å². The number of carbonyl (C=O) groups excluding carboxylic acids is 2. The van der Waals surface area contributed by atoms with Crippen LogP contribution in [0.1, 0.15) is 65.4 Å². The predicted octanol–water partition coefficient (Wildman–Crippen LogP) is 5.59. The number of amides is 1. The number of hydrogen-bond acceptors (Lipinski definition) is 8. The van der Waals surface area contributed by atoms with Gasteiger partial charge in [-0.3, -0.25) is 4.79 Å². The highest BCUT2D eigenvalue weighted by Crippen LogP contribution is 2.33. The lowest BCUT2D eigenvalue weighted by molar-refractivity contribution is 0.0502. The fourth-order valence-electron chi connectivity index (χ4n) is 5.93. The molecule has 9 nitrogen and oxygen atoms in total. The Morgan fingerprint density at radius 2 is 1.74 bits per heavy atom. The van der Waals surface area contributed by atoms with Crippen LogP contribution in [0.2, 0.25) is 5.02 Å². The minimum Gasteiger partial charge on any atom is -0.469 e. The van der Waals surface area contributed by atoms with Crippen molar-refractivity contribution in [2.75, 3.05) is 43.1 Å². The van der Waals surface area contributed by atoms with E-state index in [0.717, 1.165) is 16.9 Å². The molecule has 43 heavy (non-hydrogen) atoms. The molecule has 1 fully saturated rings. The number of ether oxygens (including phenoxy) is 2. The maximum Gasteiger partial charge on any atom is 0.339 e. The molecule has 0 saturated carbocycles. The molecule has 0 aliphatic carbocycles. The van der Waals surface area contributed by atoms with Gasteiger partial charge < -0.3 is 24.2 Å². The molecule has 1 aromatic carbocycles. The van der Waals surface area contributed by atoms with Crippen LogP contribution < -0.4 is 14.5 Å². The van der Waals surface area contributed by atoms with Gasteiger partial charge in [0.25, 0.3) is 5.91 Å². The van der Waals surface area contributed by atoms with Crippen LogP contribution in [0.15, 0.2) is 36.4 Å². The van der Waals surface area contributed by atoms with Crippen molar-refractivity contribution in [3.05, 3.63) is 75.3 Å². The number of rotatable bonds is 4. The molecule has 0 radical (unpaired) electrons. The van der Waals surface area contributed by atoms with E-state index >= 15 is 0 Å². The standard InChI is InChI=1S/C32H37ClFN5O4/c1-19-14-26(35-20(2)27(19)30(41)42-7)37-12-13-39(31(3,4)17-37)29(40)25-11-8-21-16-38(18-32(5,6)43-28(21)36-25)22-9-10-23(33)24(34)15-22/h8-11,14-15H,12-13,16-18H2,1-7H3. The van der Waals surface area contributed by atoms with Gasteiger partial charge in [0.2, 0.25) is 5.88 Å². The number of carbonyl (C=O) groups is 2. The fourth-order valence-corrected chi connectivity index (χ4v) is 6.04. The molecular formula is C32H37ClFN5O4. The average molecular weight is 610 g/mol. The number of hydrogen-bond donors (Lipinski definition) is 0. The van der Waals surface area contributed by atoms with E-state index in [1.54, 1.807) is 25.1 Å². The molecule has 4 heterocycles. The van der Waals surface area contributed by atoms with Crippen LogP contribution in [-0.4, -0.2) is 71.2 Å². The largest absolute Gasteiger partial charge is 0.469 e. The Morgan fingerprint density at radius 3 is 2.40 bits per heavy atom. The van der Waals surface area contributed by atoms with Gasteiger partial charge in [0.05, 0.1) is 35.5 Å². The van der Waals surface area contributed by atoms with Crippen molar-refractivity contribution in [2.24, 2.45) is 0 Å². The average Bonchev–Trinajstić information content (AvgIpc) is 3.07. The fraction of sp³-hybridized carbons (Fsp3) is 0.438.